The van der Waals surface area contributed by atoms with Crippen molar-refractivity contribution in [2.75, 3.05) is 13.1 Å². The average molecular weight is 179 g/mol. The number of nitro groups is 1. The van der Waals surface area contributed by atoms with Gasteiger partial charge in [0.05, 0.1) is 4.92 Å². The zero-order valence-corrected chi connectivity index (χ0v) is 6.93. The van der Waals surface area contributed by atoms with E-state index in [1.807, 2.05) is 0 Å². The number of hydrogen-bond donors (Lipinski definition) is 1. The lowest BCUT2D eigenvalue weighted by molar-refractivity contribution is -0.386. The van der Waals surface area contributed by atoms with Gasteiger partial charge in [0.15, 0.2) is 0 Å². The summed E-state index contributed by atoms with van der Waals surface area (Å²) in [5.74, 6) is 0.210. The lowest BCUT2D eigenvalue weighted by Crippen LogP contribution is -2.40. The van der Waals surface area contributed by atoms with Crippen molar-refractivity contribution < 1.29 is 4.92 Å². The molecule has 2 rings (SSSR count). The van der Waals surface area contributed by atoms with Crippen LogP contribution in [0, 0.1) is 10.1 Å². The van der Waals surface area contributed by atoms with E-state index in [1.165, 1.54) is 6.07 Å². The lowest BCUT2D eigenvalue weighted by Gasteiger charge is -2.25. The van der Waals surface area contributed by atoms with Crippen LogP contribution < -0.4 is 5.32 Å². The summed E-state index contributed by atoms with van der Waals surface area (Å²) in [6, 6.07) is 3.09. The molecule has 13 heavy (non-hydrogen) atoms. The Bertz CT molecular complexity index is 336. The van der Waals surface area contributed by atoms with Crippen LogP contribution in [0.1, 0.15) is 11.6 Å². The van der Waals surface area contributed by atoms with E-state index < -0.39 is 0 Å². The summed E-state index contributed by atoms with van der Waals surface area (Å²) < 4.78 is 0. The third kappa shape index (κ3) is 1.38. The topological polar surface area (TPSA) is 68.1 Å². The standard InChI is InChI=1S/C8H9N3O2/c12-11(13)7-2-1-3-10-8(7)6-4-9-5-6/h1-3,6,9H,4-5H2. The molecule has 0 aliphatic carbocycles. The minimum atomic E-state index is -0.374. The van der Waals surface area contributed by atoms with Crippen LogP contribution in [0.3, 0.4) is 0 Å². The highest BCUT2D eigenvalue weighted by Crippen LogP contribution is 2.26. The summed E-state index contributed by atoms with van der Waals surface area (Å²) in [7, 11) is 0. The molecule has 2 heterocycles. The number of aromatic nitrogens is 1. The molecule has 0 bridgehead atoms. The molecular formula is C8H9N3O2. The van der Waals surface area contributed by atoms with Gasteiger partial charge in [-0.1, -0.05) is 0 Å². The number of nitrogens with zero attached hydrogens (tertiary/aromatic N) is 2. The predicted molar refractivity (Wildman–Crippen MR) is 46.5 cm³/mol. The zero-order valence-electron chi connectivity index (χ0n) is 6.93. The van der Waals surface area contributed by atoms with Crippen molar-refractivity contribution >= 4 is 5.69 Å². The molecule has 0 amide bonds. The van der Waals surface area contributed by atoms with Crippen LogP contribution in [0.2, 0.25) is 0 Å². The van der Waals surface area contributed by atoms with E-state index in [0.717, 1.165) is 13.1 Å². The van der Waals surface area contributed by atoms with Gasteiger partial charge in [-0.15, -0.1) is 0 Å². The van der Waals surface area contributed by atoms with Crippen LogP contribution in [0.4, 0.5) is 5.69 Å². The van der Waals surface area contributed by atoms with Crippen LogP contribution >= 0.6 is 0 Å². The second-order valence-corrected chi connectivity index (χ2v) is 3.02. The third-order valence-electron chi connectivity index (χ3n) is 2.18. The maximum Gasteiger partial charge on any atom is 0.291 e. The van der Waals surface area contributed by atoms with E-state index in [2.05, 4.69) is 10.3 Å². The van der Waals surface area contributed by atoms with Crippen molar-refractivity contribution in [3.05, 3.63) is 34.1 Å². The van der Waals surface area contributed by atoms with Gasteiger partial charge in [-0.05, 0) is 6.07 Å². The lowest BCUT2D eigenvalue weighted by atomic mass is 9.97. The quantitative estimate of drug-likeness (QED) is 0.535. The van der Waals surface area contributed by atoms with E-state index in [4.69, 9.17) is 0 Å². The molecule has 0 spiro atoms. The maximum absolute atomic E-state index is 10.6. The molecule has 0 unspecified atom stereocenters. The molecule has 1 saturated heterocycles. The van der Waals surface area contributed by atoms with Gasteiger partial charge in [-0.2, -0.15) is 0 Å². The number of nitrogens with one attached hydrogen (secondary N) is 1. The third-order valence-corrected chi connectivity index (χ3v) is 2.18. The minimum absolute atomic E-state index is 0.133. The Labute approximate surface area is 74.9 Å². The fraction of sp³-hybridized carbons (Fsp3) is 0.375. The first kappa shape index (κ1) is 8.12. The second kappa shape index (κ2) is 3.10. The Morgan fingerprint density at radius 2 is 2.38 bits per heavy atom. The van der Waals surface area contributed by atoms with Crippen LogP contribution in [0.25, 0.3) is 0 Å². The van der Waals surface area contributed by atoms with Crippen molar-refractivity contribution in [1.29, 1.82) is 0 Å². The Hall–Kier alpha value is -1.49. The summed E-state index contributed by atoms with van der Waals surface area (Å²) in [5.41, 5.74) is 0.736. The molecule has 1 aliphatic heterocycles. The molecule has 1 aromatic heterocycles. The zero-order chi connectivity index (χ0) is 9.26. The van der Waals surface area contributed by atoms with Crippen molar-refractivity contribution in [3.8, 4) is 0 Å². The summed E-state index contributed by atoms with van der Waals surface area (Å²) in [4.78, 5) is 14.3. The monoisotopic (exact) mass is 179 g/mol. The Morgan fingerprint density at radius 3 is 2.92 bits per heavy atom. The fourth-order valence-electron chi connectivity index (χ4n) is 1.36. The first-order chi connectivity index (χ1) is 6.29. The molecule has 0 aromatic carbocycles. The van der Waals surface area contributed by atoms with E-state index in [0.29, 0.717) is 5.69 Å². The molecule has 5 heteroatoms. The normalized spacial score (nSPS) is 16.6. The largest absolute Gasteiger partial charge is 0.315 e. The molecule has 1 fully saturated rings. The average Bonchev–Trinajstić information content (AvgIpc) is 2.02. The summed E-state index contributed by atoms with van der Waals surface area (Å²) in [6.07, 6.45) is 1.60. The van der Waals surface area contributed by atoms with Crippen molar-refractivity contribution in [3.63, 3.8) is 0 Å². The molecule has 1 aromatic rings. The molecular weight excluding hydrogens is 170 g/mol. The van der Waals surface area contributed by atoms with Gasteiger partial charge in [-0.3, -0.25) is 15.1 Å². The van der Waals surface area contributed by atoms with Gasteiger partial charge >= 0.3 is 0 Å². The van der Waals surface area contributed by atoms with Crippen molar-refractivity contribution in [2.24, 2.45) is 0 Å². The smallest absolute Gasteiger partial charge is 0.291 e. The van der Waals surface area contributed by atoms with Gasteiger partial charge in [0.25, 0.3) is 5.69 Å². The predicted octanol–water partition coefficient (Wildman–Crippen LogP) is 0.677. The van der Waals surface area contributed by atoms with Crippen LogP contribution in [0.5, 0.6) is 0 Å². The Morgan fingerprint density at radius 1 is 1.62 bits per heavy atom. The fourth-order valence-corrected chi connectivity index (χ4v) is 1.36. The molecule has 68 valence electrons. The van der Waals surface area contributed by atoms with Crippen molar-refractivity contribution in [2.45, 2.75) is 5.92 Å². The van der Waals surface area contributed by atoms with Gasteiger partial charge in [0.2, 0.25) is 0 Å². The number of hydrogen-bond acceptors (Lipinski definition) is 4. The minimum Gasteiger partial charge on any atom is -0.315 e. The van der Waals surface area contributed by atoms with Crippen LogP contribution in [-0.2, 0) is 0 Å². The van der Waals surface area contributed by atoms with E-state index in [-0.39, 0.29) is 16.5 Å². The molecule has 0 radical (unpaired) electrons. The highest BCUT2D eigenvalue weighted by atomic mass is 16.6. The first-order valence-corrected chi connectivity index (χ1v) is 4.09. The Kier molecular flexibility index (Phi) is 1.94. The first-order valence-electron chi connectivity index (χ1n) is 4.09. The highest BCUT2D eigenvalue weighted by Gasteiger charge is 2.27. The SMILES string of the molecule is O=[N+]([O-])c1cccnc1C1CNC1. The maximum atomic E-state index is 10.6. The highest BCUT2D eigenvalue weighted by molar-refractivity contribution is 5.38. The van der Waals surface area contributed by atoms with Gasteiger partial charge < -0.3 is 5.32 Å². The van der Waals surface area contributed by atoms with Crippen LogP contribution in [-0.4, -0.2) is 23.0 Å². The van der Waals surface area contributed by atoms with Gasteiger partial charge in [0.1, 0.15) is 5.69 Å². The summed E-state index contributed by atoms with van der Waals surface area (Å²) in [5, 5.41) is 13.7. The molecule has 1 aliphatic rings. The van der Waals surface area contributed by atoms with E-state index in [9.17, 15) is 10.1 Å². The summed E-state index contributed by atoms with van der Waals surface area (Å²) >= 11 is 0. The molecule has 0 atom stereocenters. The molecule has 1 N–H and O–H groups in total. The molecule has 5 nitrogen and oxygen atoms in total. The van der Waals surface area contributed by atoms with Crippen LogP contribution in [0.15, 0.2) is 18.3 Å². The summed E-state index contributed by atoms with van der Waals surface area (Å²) in [6.45, 7) is 1.58. The van der Waals surface area contributed by atoms with Gasteiger partial charge in [0, 0.05) is 31.3 Å². The van der Waals surface area contributed by atoms with E-state index in [1.54, 1.807) is 12.3 Å². The second-order valence-electron chi connectivity index (χ2n) is 3.02. The van der Waals surface area contributed by atoms with Crippen molar-refractivity contribution in [1.82, 2.24) is 10.3 Å². The van der Waals surface area contributed by atoms with E-state index >= 15 is 0 Å². The Balaban J connectivity index is 2.36. The number of rotatable bonds is 2. The molecule has 0 saturated carbocycles. The van der Waals surface area contributed by atoms with Gasteiger partial charge in [-0.25, -0.2) is 0 Å². The number of pyridine rings is 1.